The van der Waals surface area contributed by atoms with Crippen molar-refractivity contribution in [2.24, 2.45) is 0 Å². The van der Waals surface area contributed by atoms with Gasteiger partial charge in [0.1, 0.15) is 6.10 Å². The Labute approximate surface area is 131 Å². The zero-order valence-electron chi connectivity index (χ0n) is 14.0. The molecule has 126 valence electrons. The number of aliphatic hydroxyl groups is 1. The van der Waals surface area contributed by atoms with E-state index in [2.05, 4.69) is 6.92 Å². The first-order valence-corrected chi connectivity index (χ1v) is 9.24. The minimum atomic E-state index is -0.428. The Hall–Kier alpha value is -0.120. The Morgan fingerprint density at radius 2 is 1.14 bits per heavy atom. The average Bonchev–Trinajstić information content (AvgIpc) is 2.50. The van der Waals surface area contributed by atoms with E-state index in [1.54, 1.807) is 0 Å². The molecule has 21 heavy (non-hydrogen) atoms. The Kier molecular flexibility index (Phi) is 12.2. The van der Waals surface area contributed by atoms with Crippen molar-refractivity contribution in [3.8, 4) is 0 Å². The molecule has 0 amide bonds. The van der Waals surface area contributed by atoms with E-state index < -0.39 is 6.10 Å². The van der Waals surface area contributed by atoms with Crippen LogP contribution in [0.1, 0.15) is 90.4 Å². The third-order valence-electron chi connectivity index (χ3n) is 4.24. The summed E-state index contributed by atoms with van der Waals surface area (Å²) < 4.78 is 10.8. The van der Waals surface area contributed by atoms with Crippen molar-refractivity contribution in [3.05, 3.63) is 0 Å². The summed E-state index contributed by atoms with van der Waals surface area (Å²) in [6, 6.07) is 0. The first kappa shape index (κ1) is 18.9. The van der Waals surface area contributed by atoms with Crippen molar-refractivity contribution in [3.63, 3.8) is 0 Å². The predicted octanol–water partition coefficient (Wildman–Crippen LogP) is 4.81. The van der Waals surface area contributed by atoms with Crippen LogP contribution in [0.5, 0.6) is 0 Å². The number of rotatable bonds is 13. The minimum Gasteiger partial charge on any atom is -0.388 e. The van der Waals surface area contributed by atoms with Gasteiger partial charge in [-0.2, -0.15) is 0 Å². The maximum Gasteiger partial charge on any atom is 0.157 e. The molecule has 1 aliphatic rings. The lowest BCUT2D eigenvalue weighted by atomic mass is 10.0. The average molecular weight is 300 g/mol. The highest BCUT2D eigenvalue weighted by atomic mass is 16.7. The smallest absolute Gasteiger partial charge is 0.157 e. The second-order valence-electron chi connectivity index (χ2n) is 6.43. The Morgan fingerprint density at radius 3 is 1.62 bits per heavy atom. The molecule has 1 N–H and O–H groups in total. The molecule has 0 aliphatic carbocycles. The summed E-state index contributed by atoms with van der Waals surface area (Å²) in [5, 5.41) is 9.25. The summed E-state index contributed by atoms with van der Waals surface area (Å²) in [7, 11) is 0. The van der Waals surface area contributed by atoms with Crippen LogP contribution in [0.4, 0.5) is 0 Å². The highest BCUT2D eigenvalue weighted by molar-refractivity contribution is 4.60. The van der Waals surface area contributed by atoms with Gasteiger partial charge in [0, 0.05) is 0 Å². The van der Waals surface area contributed by atoms with E-state index in [0.717, 1.165) is 6.42 Å². The van der Waals surface area contributed by atoms with Crippen LogP contribution in [0.15, 0.2) is 0 Å². The Morgan fingerprint density at radius 1 is 0.714 bits per heavy atom. The van der Waals surface area contributed by atoms with Crippen molar-refractivity contribution in [2.75, 3.05) is 13.2 Å². The van der Waals surface area contributed by atoms with E-state index in [0.29, 0.717) is 13.2 Å². The van der Waals surface area contributed by atoms with E-state index in [4.69, 9.17) is 9.47 Å². The van der Waals surface area contributed by atoms with Gasteiger partial charge >= 0.3 is 0 Å². The van der Waals surface area contributed by atoms with Crippen LogP contribution in [0.25, 0.3) is 0 Å². The van der Waals surface area contributed by atoms with E-state index in [-0.39, 0.29) is 6.29 Å². The third kappa shape index (κ3) is 11.1. The largest absolute Gasteiger partial charge is 0.388 e. The fourth-order valence-corrected chi connectivity index (χ4v) is 2.85. The van der Waals surface area contributed by atoms with Gasteiger partial charge in [0.25, 0.3) is 0 Å². The summed E-state index contributed by atoms with van der Waals surface area (Å²) >= 11 is 0. The van der Waals surface area contributed by atoms with Crippen LogP contribution >= 0.6 is 0 Å². The van der Waals surface area contributed by atoms with E-state index in [1.165, 1.54) is 77.0 Å². The molecule has 0 bridgehead atoms. The van der Waals surface area contributed by atoms with Gasteiger partial charge in [-0.3, -0.25) is 0 Å². The summed E-state index contributed by atoms with van der Waals surface area (Å²) in [5.41, 5.74) is 0. The molecule has 3 heteroatoms. The van der Waals surface area contributed by atoms with Gasteiger partial charge in [0.15, 0.2) is 6.29 Å². The summed E-state index contributed by atoms with van der Waals surface area (Å²) in [6.07, 6.45) is 16.9. The Balaban J connectivity index is 1.73. The standard InChI is InChI=1S/C18H36O3/c1-2-3-4-5-6-7-8-9-10-11-12-13-14-18-20-15-17(19)16-21-18/h17-19H,2-16H2,1H3. The molecule has 1 rings (SSSR count). The van der Waals surface area contributed by atoms with E-state index >= 15 is 0 Å². The van der Waals surface area contributed by atoms with Crippen LogP contribution in [0.3, 0.4) is 0 Å². The molecular formula is C18H36O3. The van der Waals surface area contributed by atoms with Gasteiger partial charge in [0.05, 0.1) is 13.2 Å². The number of aliphatic hydroxyl groups excluding tert-OH is 1. The minimum absolute atomic E-state index is 0.0727. The monoisotopic (exact) mass is 300 g/mol. The molecule has 0 aromatic carbocycles. The van der Waals surface area contributed by atoms with Crippen molar-refractivity contribution >= 4 is 0 Å². The SMILES string of the molecule is CCCCCCCCCCCCCCC1OCC(O)CO1. The molecule has 1 heterocycles. The molecule has 0 spiro atoms. The van der Waals surface area contributed by atoms with Gasteiger partial charge in [-0.1, -0.05) is 77.6 Å². The van der Waals surface area contributed by atoms with Crippen LogP contribution < -0.4 is 0 Å². The predicted molar refractivity (Wildman–Crippen MR) is 87.4 cm³/mol. The van der Waals surface area contributed by atoms with Gasteiger partial charge in [0.2, 0.25) is 0 Å². The molecule has 0 aromatic heterocycles. The van der Waals surface area contributed by atoms with Crippen LogP contribution in [0.2, 0.25) is 0 Å². The van der Waals surface area contributed by atoms with E-state index in [1.807, 2.05) is 0 Å². The summed E-state index contributed by atoms with van der Waals surface area (Å²) in [4.78, 5) is 0. The lowest BCUT2D eigenvalue weighted by molar-refractivity contribution is -0.218. The molecule has 0 radical (unpaired) electrons. The van der Waals surface area contributed by atoms with Crippen LogP contribution in [0, 0.1) is 0 Å². The fourth-order valence-electron chi connectivity index (χ4n) is 2.85. The number of hydrogen-bond donors (Lipinski definition) is 1. The first-order chi connectivity index (χ1) is 10.3. The quantitative estimate of drug-likeness (QED) is 0.496. The molecular weight excluding hydrogens is 264 g/mol. The van der Waals surface area contributed by atoms with Gasteiger partial charge < -0.3 is 14.6 Å². The molecule has 1 saturated heterocycles. The Bertz CT molecular complexity index is 213. The van der Waals surface area contributed by atoms with Gasteiger partial charge in [-0.25, -0.2) is 0 Å². The topological polar surface area (TPSA) is 38.7 Å². The lowest BCUT2D eigenvalue weighted by Gasteiger charge is -2.26. The maximum absolute atomic E-state index is 9.25. The second kappa shape index (κ2) is 13.5. The lowest BCUT2D eigenvalue weighted by Crippen LogP contribution is -2.35. The van der Waals surface area contributed by atoms with Crippen molar-refractivity contribution in [1.29, 1.82) is 0 Å². The fraction of sp³-hybridized carbons (Fsp3) is 1.00. The van der Waals surface area contributed by atoms with Crippen molar-refractivity contribution < 1.29 is 14.6 Å². The zero-order chi connectivity index (χ0) is 15.2. The molecule has 0 atom stereocenters. The third-order valence-corrected chi connectivity index (χ3v) is 4.24. The second-order valence-corrected chi connectivity index (χ2v) is 6.43. The molecule has 0 aromatic rings. The maximum atomic E-state index is 9.25. The summed E-state index contributed by atoms with van der Waals surface area (Å²) in [5.74, 6) is 0. The molecule has 0 saturated carbocycles. The zero-order valence-corrected chi connectivity index (χ0v) is 14.0. The molecule has 0 unspecified atom stereocenters. The van der Waals surface area contributed by atoms with Crippen LogP contribution in [-0.2, 0) is 9.47 Å². The number of hydrogen-bond acceptors (Lipinski definition) is 3. The molecule has 1 fully saturated rings. The van der Waals surface area contributed by atoms with Crippen molar-refractivity contribution in [1.82, 2.24) is 0 Å². The highest BCUT2D eigenvalue weighted by Crippen LogP contribution is 2.15. The van der Waals surface area contributed by atoms with Crippen molar-refractivity contribution in [2.45, 2.75) is 103 Å². The number of ether oxygens (including phenoxy) is 2. The molecule has 1 aliphatic heterocycles. The van der Waals surface area contributed by atoms with Gasteiger partial charge in [-0.05, 0) is 12.8 Å². The first-order valence-electron chi connectivity index (χ1n) is 9.24. The number of unbranched alkanes of at least 4 members (excludes halogenated alkanes) is 11. The molecule has 3 nitrogen and oxygen atoms in total. The van der Waals surface area contributed by atoms with E-state index in [9.17, 15) is 5.11 Å². The highest BCUT2D eigenvalue weighted by Gasteiger charge is 2.19. The summed E-state index contributed by atoms with van der Waals surface area (Å²) in [6.45, 7) is 3.14. The van der Waals surface area contributed by atoms with Crippen LogP contribution in [-0.4, -0.2) is 30.7 Å². The normalized spacial score (nSPS) is 22.6. The van der Waals surface area contributed by atoms with Gasteiger partial charge in [-0.15, -0.1) is 0 Å².